The van der Waals surface area contributed by atoms with Crippen LogP contribution in [0.4, 0.5) is 0 Å². The zero-order valence-electron chi connectivity index (χ0n) is 11.4. The Balaban J connectivity index is 1.84. The highest BCUT2D eigenvalue weighted by atomic mass is 32.2. The molecule has 1 unspecified atom stereocenters. The van der Waals surface area contributed by atoms with Crippen LogP contribution in [0.2, 0.25) is 0 Å². The second-order valence-corrected chi connectivity index (χ2v) is 5.87. The number of aromatic nitrogens is 4. The van der Waals surface area contributed by atoms with Gasteiger partial charge in [0.15, 0.2) is 0 Å². The summed E-state index contributed by atoms with van der Waals surface area (Å²) in [6.07, 6.45) is 0. The second-order valence-electron chi connectivity index (χ2n) is 4.56. The van der Waals surface area contributed by atoms with Crippen LogP contribution < -0.4 is 0 Å². The lowest BCUT2D eigenvalue weighted by Crippen LogP contribution is -2.00. The van der Waals surface area contributed by atoms with Crippen molar-refractivity contribution < 1.29 is 5.11 Å². The van der Waals surface area contributed by atoms with E-state index in [1.165, 1.54) is 5.56 Å². The van der Waals surface area contributed by atoms with Crippen LogP contribution in [0.15, 0.2) is 59.8 Å². The van der Waals surface area contributed by atoms with E-state index in [4.69, 9.17) is 0 Å². The van der Waals surface area contributed by atoms with Gasteiger partial charge < -0.3 is 5.11 Å². The Morgan fingerprint density at radius 3 is 2.48 bits per heavy atom. The van der Waals surface area contributed by atoms with Crippen molar-refractivity contribution in [2.45, 2.75) is 17.3 Å². The lowest BCUT2D eigenvalue weighted by molar-refractivity contribution is 0.475. The summed E-state index contributed by atoms with van der Waals surface area (Å²) < 4.78 is 1.67. The van der Waals surface area contributed by atoms with Gasteiger partial charge in [-0.25, -0.2) is 0 Å². The molecule has 2 aromatic carbocycles. The maximum Gasteiger partial charge on any atom is 0.214 e. The quantitative estimate of drug-likeness (QED) is 0.749. The molecule has 3 aromatic rings. The normalized spacial score (nSPS) is 12.2. The van der Waals surface area contributed by atoms with Crippen molar-refractivity contribution in [3.05, 3.63) is 60.2 Å². The van der Waals surface area contributed by atoms with Gasteiger partial charge in [0.25, 0.3) is 0 Å². The van der Waals surface area contributed by atoms with Crippen molar-refractivity contribution in [3.63, 3.8) is 0 Å². The predicted molar refractivity (Wildman–Crippen MR) is 81.5 cm³/mol. The molecule has 0 aliphatic heterocycles. The second kappa shape index (κ2) is 5.97. The lowest BCUT2D eigenvalue weighted by Gasteiger charge is -2.11. The largest absolute Gasteiger partial charge is 0.508 e. The minimum atomic E-state index is 0.221. The Bertz CT molecular complexity index is 712. The number of thioether (sulfide) groups is 1. The predicted octanol–water partition coefficient (Wildman–Crippen LogP) is 3.22. The van der Waals surface area contributed by atoms with Gasteiger partial charge in [-0.05, 0) is 47.2 Å². The van der Waals surface area contributed by atoms with E-state index in [1.54, 1.807) is 40.7 Å². The zero-order valence-corrected chi connectivity index (χ0v) is 12.2. The van der Waals surface area contributed by atoms with Crippen molar-refractivity contribution in [1.82, 2.24) is 20.2 Å². The molecule has 1 heterocycles. The molecule has 1 aromatic heterocycles. The third kappa shape index (κ3) is 3.05. The number of aromatic hydroxyl groups is 1. The Labute approximate surface area is 126 Å². The van der Waals surface area contributed by atoms with Gasteiger partial charge in [-0.1, -0.05) is 42.1 Å². The average Bonchev–Trinajstić information content (AvgIpc) is 2.97. The SMILES string of the molecule is CC(Sc1nnnn1-c1ccc(O)cc1)c1ccccc1. The van der Waals surface area contributed by atoms with Crippen LogP contribution in [0.1, 0.15) is 17.7 Å². The summed E-state index contributed by atoms with van der Waals surface area (Å²) in [5, 5.41) is 22.2. The zero-order chi connectivity index (χ0) is 14.7. The summed E-state index contributed by atoms with van der Waals surface area (Å²) in [6, 6.07) is 17.0. The van der Waals surface area contributed by atoms with Gasteiger partial charge >= 0.3 is 0 Å². The summed E-state index contributed by atoms with van der Waals surface area (Å²) >= 11 is 1.59. The first-order chi connectivity index (χ1) is 10.2. The van der Waals surface area contributed by atoms with Crippen molar-refractivity contribution in [1.29, 1.82) is 0 Å². The Morgan fingerprint density at radius 1 is 1.05 bits per heavy atom. The van der Waals surface area contributed by atoms with Crippen LogP contribution in [0.5, 0.6) is 5.75 Å². The van der Waals surface area contributed by atoms with Gasteiger partial charge in [0.2, 0.25) is 5.16 Å². The topological polar surface area (TPSA) is 63.8 Å². The minimum Gasteiger partial charge on any atom is -0.508 e. The molecule has 0 spiro atoms. The molecule has 1 atom stereocenters. The first-order valence-electron chi connectivity index (χ1n) is 6.53. The molecule has 1 N–H and O–H groups in total. The minimum absolute atomic E-state index is 0.221. The number of hydrogen-bond acceptors (Lipinski definition) is 5. The molecule has 0 saturated carbocycles. The smallest absolute Gasteiger partial charge is 0.214 e. The standard InChI is InChI=1S/C15H14N4OS/c1-11(12-5-3-2-4-6-12)21-15-16-17-18-19(15)13-7-9-14(20)10-8-13/h2-11,20H,1H3. The number of rotatable bonds is 4. The van der Waals surface area contributed by atoms with Gasteiger partial charge in [0.05, 0.1) is 5.69 Å². The third-order valence-electron chi connectivity index (χ3n) is 3.09. The van der Waals surface area contributed by atoms with Crippen molar-refractivity contribution in [2.24, 2.45) is 0 Å². The highest BCUT2D eigenvalue weighted by molar-refractivity contribution is 7.99. The third-order valence-corrected chi connectivity index (χ3v) is 4.18. The van der Waals surface area contributed by atoms with Crippen LogP contribution in [0, 0.1) is 0 Å². The van der Waals surface area contributed by atoms with Crippen LogP contribution in [0.25, 0.3) is 5.69 Å². The molecule has 0 fully saturated rings. The van der Waals surface area contributed by atoms with E-state index in [0.29, 0.717) is 0 Å². The number of benzene rings is 2. The van der Waals surface area contributed by atoms with Crippen molar-refractivity contribution >= 4 is 11.8 Å². The number of phenols is 1. The summed E-state index contributed by atoms with van der Waals surface area (Å²) in [6.45, 7) is 2.12. The number of tetrazole rings is 1. The maximum absolute atomic E-state index is 9.35. The van der Waals surface area contributed by atoms with Gasteiger partial charge in [0, 0.05) is 5.25 Å². The van der Waals surface area contributed by atoms with E-state index < -0.39 is 0 Å². The molecule has 0 amide bonds. The summed E-state index contributed by atoms with van der Waals surface area (Å²) in [5.74, 6) is 0.221. The number of hydrogen-bond donors (Lipinski definition) is 1. The fourth-order valence-corrected chi connectivity index (χ4v) is 2.89. The van der Waals surface area contributed by atoms with E-state index in [0.717, 1.165) is 10.8 Å². The van der Waals surface area contributed by atoms with Gasteiger partial charge in [-0.15, -0.1) is 5.10 Å². The molecule has 6 heteroatoms. The molecule has 0 radical (unpaired) electrons. The van der Waals surface area contributed by atoms with Crippen molar-refractivity contribution in [2.75, 3.05) is 0 Å². The lowest BCUT2D eigenvalue weighted by atomic mass is 10.2. The fraction of sp³-hybridized carbons (Fsp3) is 0.133. The molecule has 0 bridgehead atoms. The summed E-state index contributed by atoms with van der Waals surface area (Å²) in [5.41, 5.74) is 2.04. The van der Waals surface area contributed by atoms with E-state index in [2.05, 4.69) is 34.6 Å². The molecule has 0 aliphatic carbocycles. The van der Waals surface area contributed by atoms with Gasteiger partial charge in [-0.2, -0.15) is 4.68 Å². The Hall–Kier alpha value is -2.34. The first-order valence-corrected chi connectivity index (χ1v) is 7.41. The highest BCUT2D eigenvalue weighted by Gasteiger charge is 2.14. The average molecular weight is 298 g/mol. The van der Waals surface area contributed by atoms with Crippen LogP contribution in [-0.2, 0) is 0 Å². The van der Waals surface area contributed by atoms with E-state index in [1.807, 2.05) is 18.2 Å². The van der Waals surface area contributed by atoms with Crippen LogP contribution in [-0.4, -0.2) is 25.3 Å². The van der Waals surface area contributed by atoms with Gasteiger partial charge in [-0.3, -0.25) is 0 Å². The molecule has 21 heavy (non-hydrogen) atoms. The summed E-state index contributed by atoms with van der Waals surface area (Å²) in [4.78, 5) is 0. The Kier molecular flexibility index (Phi) is 3.87. The molecule has 0 saturated heterocycles. The number of phenolic OH excluding ortho intramolecular Hbond substituents is 1. The molecule has 106 valence electrons. The number of nitrogens with zero attached hydrogens (tertiary/aromatic N) is 4. The maximum atomic E-state index is 9.35. The molecular weight excluding hydrogens is 284 g/mol. The van der Waals surface area contributed by atoms with E-state index >= 15 is 0 Å². The molecule has 3 rings (SSSR count). The summed E-state index contributed by atoms with van der Waals surface area (Å²) in [7, 11) is 0. The van der Waals surface area contributed by atoms with E-state index in [9.17, 15) is 5.11 Å². The fourth-order valence-electron chi connectivity index (χ4n) is 1.96. The van der Waals surface area contributed by atoms with Crippen LogP contribution in [0.3, 0.4) is 0 Å². The first kappa shape index (κ1) is 13.6. The van der Waals surface area contributed by atoms with Crippen LogP contribution >= 0.6 is 11.8 Å². The van der Waals surface area contributed by atoms with E-state index in [-0.39, 0.29) is 11.0 Å². The monoisotopic (exact) mass is 298 g/mol. The molecular formula is C15H14N4OS. The highest BCUT2D eigenvalue weighted by Crippen LogP contribution is 2.33. The molecule has 5 nitrogen and oxygen atoms in total. The Morgan fingerprint density at radius 2 is 1.76 bits per heavy atom. The van der Waals surface area contributed by atoms with Gasteiger partial charge in [0.1, 0.15) is 5.75 Å². The molecule has 0 aliphatic rings. The van der Waals surface area contributed by atoms with Crippen molar-refractivity contribution in [3.8, 4) is 11.4 Å².